The number of phenolic OH excluding ortho intramolecular Hbond substituents is 4. The summed E-state index contributed by atoms with van der Waals surface area (Å²) in [6.45, 7) is 0. The van der Waals surface area contributed by atoms with Gasteiger partial charge in [-0.1, -0.05) is 6.07 Å². The predicted molar refractivity (Wildman–Crippen MR) is 58.5 cm³/mol. The molecule has 4 heteroatoms. The van der Waals surface area contributed by atoms with Crippen LogP contribution in [0.4, 0.5) is 0 Å². The second-order valence-electron chi connectivity index (χ2n) is 3.37. The van der Waals surface area contributed by atoms with Gasteiger partial charge in [-0.05, 0) is 30.3 Å². The van der Waals surface area contributed by atoms with Crippen LogP contribution >= 0.6 is 0 Å². The molecule has 0 saturated carbocycles. The highest BCUT2D eigenvalue weighted by molar-refractivity contribution is 5.81. The van der Waals surface area contributed by atoms with E-state index in [1.165, 1.54) is 36.4 Å². The smallest absolute Gasteiger partial charge is 0.127 e. The van der Waals surface area contributed by atoms with E-state index in [2.05, 4.69) is 0 Å². The Morgan fingerprint density at radius 2 is 1.31 bits per heavy atom. The molecule has 16 heavy (non-hydrogen) atoms. The minimum atomic E-state index is -0.166. The number of phenols is 4. The van der Waals surface area contributed by atoms with Crippen LogP contribution in [0.25, 0.3) is 11.1 Å². The van der Waals surface area contributed by atoms with Crippen molar-refractivity contribution >= 4 is 0 Å². The summed E-state index contributed by atoms with van der Waals surface area (Å²) in [5.41, 5.74) is 0.270. The lowest BCUT2D eigenvalue weighted by atomic mass is 10.0. The Kier molecular flexibility index (Phi) is 2.32. The summed E-state index contributed by atoms with van der Waals surface area (Å²) in [6, 6.07) is 8.13. The molecule has 0 amide bonds. The van der Waals surface area contributed by atoms with Gasteiger partial charge in [0.05, 0.1) is 5.56 Å². The third-order valence-electron chi connectivity index (χ3n) is 2.27. The quantitative estimate of drug-likeness (QED) is 0.553. The van der Waals surface area contributed by atoms with Crippen molar-refractivity contribution in [1.29, 1.82) is 0 Å². The van der Waals surface area contributed by atoms with Gasteiger partial charge in [0.2, 0.25) is 0 Å². The molecule has 82 valence electrons. The first-order valence-corrected chi connectivity index (χ1v) is 4.63. The normalized spacial score (nSPS) is 10.2. The van der Waals surface area contributed by atoms with Gasteiger partial charge in [-0.3, -0.25) is 0 Å². The Labute approximate surface area is 91.7 Å². The minimum Gasteiger partial charge on any atom is -0.508 e. The molecule has 2 aromatic rings. The molecule has 0 aliphatic heterocycles. The van der Waals surface area contributed by atoms with Gasteiger partial charge in [-0.25, -0.2) is 0 Å². The number of benzene rings is 2. The van der Waals surface area contributed by atoms with Crippen molar-refractivity contribution in [3.05, 3.63) is 36.4 Å². The zero-order chi connectivity index (χ0) is 11.7. The maximum absolute atomic E-state index is 9.61. The number of hydrogen-bond donors (Lipinski definition) is 4. The third kappa shape index (κ3) is 1.61. The van der Waals surface area contributed by atoms with Gasteiger partial charge in [0.1, 0.15) is 23.0 Å². The molecule has 0 aromatic heterocycles. The number of hydrogen-bond acceptors (Lipinski definition) is 4. The summed E-state index contributed by atoms with van der Waals surface area (Å²) in [7, 11) is 0. The summed E-state index contributed by atoms with van der Waals surface area (Å²) >= 11 is 0. The van der Waals surface area contributed by atoms with Crippen LogP contribution in [0.1, 0.15) is 0 Å². The average molecular weight is 218 g/mol. The Balaban J connectivity index is 2.72. The van der Waals surface area contributed by atoms with Crippen LogP contribution in [0, 0.1) is 0 Å². The van der Waals surface area contributed by atoms with Gasteiger partial charge in [0.25, 0.3) is 0 Å². The highest BCUT2D eigenvalue weighted by atomic mass is 16.3. The zero-order valence-corrected chi connectivity index (χ0v) is 8.25. The lowest BCUT2D eigenvalue weighted by Gasteiger charge is -2.09. The number of rotatable bonds is 1. The summed E-state index contributed by atoms with van der Waals surface area (Å²) in [5.74, 6) is -0.521. The second-order valence-corrected chi connectivity index (χ2v) is 3.37. The Bertz CT molecular complexity index is 514. The van der Waals surface area contributed by atoms with Crippen LogP contribution in [-0.4, -0.2) is 20.4 Å². The van der Waals surface area contributed by atoms with Crippen molar-refractivity contribution in [3.8, 4) is 34.1 Å². The van der Waals surface area contributed by atoms with E-state index in [-0.39, 0.29) is 34.1 Å². The Hall–Kier alpha value is -2.36. The van der Waals surface area contributed by atoms with Crippen LogP contribution in [0.3, 0.4) is 0 Å². The van der Waals surface area contributed by atoms with Gasteiger partial charge >= 0.3 is 0 Å². The molecule has 0 spiro atoms. The molecule has 4 N–H and O–H groups in total. The fraction of sp³-hybridized carbons (Fsp3) is 0. The maximum Gasteiger partial charge on any atom is 0.127 e. The molecule has 0 fully saturated rings. The van der Waals surface area contributed by atoms with E-state index in [1.54, 1.807) is 0 Å². The van der Waals surface area contributed by atoms with Gasteiger partial charge in [-0.15, -0.1) is 0 Å². The van der Waals surface area contributed by atoms with Crippen LogP contribution in [0.15, 0.2) is 36.4 Å². The van der Waals surface area contributed by atoms with E-state index < -0.39 is 0 Å². The largest absolute Gasteiger partial charge is 0.508 e. The van der Waals surface area contributed by atoms with Crippen molar-refractivity contribution in [2.75, 3.05) is 0 Å². The van der Waals surface area contributed by atoms with Gasteiger partial charge in [0.15, 0.2) is 0 Å². The first kappa shape index (κ1) is 10.2. The second kappa shape index (κ2) is 3.66. The standard InChI is InChI=1S/C12H10O4/c13-7-4-5-9(14)8(6-7)12-10(15)2-1-3-11(12)16/h1-6,13-16H. The molecule has 0 unspecified atom stereocenters. The van der Waals surface area contributed by atoms with E-state index in [1.807, 2.05) is 0 Å². The van der Waals surface area contributed by atoms with Crippen LogP contribution in [0.5, 0.6) is 23.0 Å². The molecule has 0 atom stereocenters. The molecule has 0 bridgehead atoms. The minimum absolute atomic E-state index is 0.0598. The maximum atomic E-state index is 9.61. The van der Waals surface area contributed by atoms with Gasteiger partial charge < -0.3 is 20.4 Å². The monoisotopic (exact) mass is 218 g/mol. The topological polar surface area (TPSA) is 80.9 Å². The Morgan fingerprint density at radius 1 is 0.688 bits per heavy atom. The van der Waals surface area contributed by atoms with E-state index in [0.717, 1.165) is 0 Å². The predicted octanol–water partition coefficient (Wildman–Crippen LogP) is 2.18. The summed E-state index contributed by atoms with van der Waals surface area (Å²) in [6.07, 6.45) is 0. The summed E-state index contributed by atoms with van der Waals surface area (Å²) < 4.78 is 0. The SMILES string of the molecule is Oc1ccc(O)c(-c2c(O)cccc2O)c1. The van der Waals surface area contributed by atoms with Gasteiger partial charge in [0, 0.05) is 5.56 Å². The fourth-order valence-electron chi connectivity index (χ4n) is 1.53. The average Bonchev–Trinajstić information content (AvgIpc) is 2.23. The van der Waals surface area contributed by atoms with Crippen molar-refractivity contribution in [2.45, 2.75) is 0 Å². The fourth-order valence-corrected chi connectivity index (χ4v) is 1.53. The van der Waals surface area contributed by atoms with Gasteiger partial charge in [-0.2, -0.15) is 0 Å². The number of aromatic hydroxyl groups is 4. The Morgan fingerprint density at radius 3 is 1.94 bits per heavy atom. The van der Waals surface area contributed by atoms with Crippen LogP contribution < -0.4 is 0 Å². The van der Waals surface area contributed by atoms with E-state index in [4.69, 9.17) is 0 Å². The molecular formula is C12H10O4. The molecule has 0 aliphatic carbocycles. The molecular weight excluding hydrogens is 208 g/mol. The molecule has 0 aliphatic rings. The highest BCUT2D eigenvalue weighted by Crippen LogP contribution is 2.42. The summed E-state index contributed by atoms with van der Waals surface area (Å²) in [4.78, 5) is 0. The van der Waals surface area contributed by atoms with Crippen molar-refractivity contribution < 1.29 is 20.4 Å². The van der Waals surface area contributed by atoms with E-state index in [9.17, 15) is 20.4 Å². The molecule has 0 radical (unpaired) electrons. The van der Waals surface area contributed by atoms with Crippen molar-refractivity contribution in [1.82, 2.24) is 0 Å². The van der Waals surface area contributed by atoms with E-state index in [0.29, 0.717) is 0 Å². The highest BCUT2D eigenvalue weighted by Gasteiger charge is 2.13. The molecule has 2 rings (SSSR count). The van der Waals surface area contributed by atoms with Crippen molar-refractivity contribution in [2.24, 2.45) is 0 Å². The zero-order valence-electron chi connectivity index (χ0n) is 8.25. The molecule has 0 heterocycles. The van der Waals surface area contributed by atoms with Crippen LogP contribution in [-0.2, 0) is 0 Å². The lowest BCUT2D eigenvalue weighted by Crippen LogP contribution is -1.82. The van der Waals surface area contributed by atoms with E-state index >= 15 is 0 Å². The molecule has 0 saturated heterocycles. The first-order chi connectivity index (χ1) is 7.59. The molecule has 2 aromatic carbocycles. The first-order valence-electron chi connectivity index (χ1n) is 4.63. The van der Waals surface area contributed by atoms with Crippen molar-refractivity contribution in [3.63, 3.8) is 0 Å². The lowest BCUT2D eigenvalue weighted by molar-refractivity contribution is 0.447. The van der Waals surface area contributed by atoms with Crippen LogP contribution in [0.2, 0.25) is 0 Å². The summed E-state index contributed by atoms with van der Waals surface area (Å²) in [5, 5.41) is 38.1. The third-order valence-corrected chi connectivity index (χ3v) is 2.27. The molecule has 4 nitrogen and oxygen atoms in total.